The number of hydrogen-bond donors (Lipinski definition) is 0. The van der Waals surface area contributed by atoms with E-state index in [1.54, 1.807) is 0 Å². The van der Waals surface area contributed by atoms with E-state index < -0.39 is 0 Å². The van der Waals surface area contributed by atoms with Gasteiger partial charge in [0.15, 0.2) is 0 Å². The lowest BCUT2D eigenvalue weighted by Gasteiger charge is -2.27. The van der Waals surface area contributed by atoms with Crippen LogP contribution in [-0.2, 0) is 0 Å². The summed E-state index contributed by atoms with van der Waals surface area (Å²) < 4.78 is 0. The summed E-state index contributed by atoms with van der Waals surface area (Å²) in [5.74, 6) is 0. The summed E-state index contributed by atoms with van der Waals surface area (Å²) in [5, 5.41) is 14.7. The molecule has 0 atom stereocenters. The first kappa shape index (κ1) is 35.0. The monoisotopic (exact) mass is 773 g/mol. The maximum Gasteiger partial charge on any atom is 0.0468 e. The van der Waals surface area contributed by atoms with Gasteiger partial charge in [0.05, 0.1) is 0 Å². The first-order chi connectivity index (χ1) is 30.2. The predicted octanol–water partition coefficient (Wildman–Crippen LogP) is 17.1. The van der Waals surface area contributed by atoms with E-state index in [-0.39, 0.29) is 0 Å². The smallest absolute Gasteiger partial charge is 0.0468 e. The fraction of sp³-hybridized carbons (Fsp3) is 0. The molecular formula is C60H39N. The van der Waals surface area contributed by atoms with E-state index in [2.05, 4.69) is 241 Å². The summed E-state index contributed by atoms with van der Waals surface area (Å²) in [5.41, 5.74) is 10.7. The van der Waals surface area contributed by atoms with Crippen LogP contribution in [0.1, 0.15) is 0 Å². The molecule has 0 spiro atoms. The Morgan fingerprint density at radius 2 is 0.590 bits per heavy atom. The lowest BCUT2D eigenvalue weighted by molar-refractivity contribution is 1.30. The molecule has 0 radical (unpaired) electrons. The molecule has 12 aromatic carbocycles. The predicted molar refractivity (Wildman–Crippen MR) is 262 cm³/mol. The quantitative estimate of drug-likeness (QED) is 0.152. The average Bonchev–Trinajstić information content (AvgIpc) is 3.33. The van der Waals surface area contributed by atoms with Crippen LogP contribution < -0.4 is 4.90 Å². The summed E-state index contributed by atoms with van der Waals surface area (Å²) in [6.45, 7) is 0. The van der Waals surface area contributed by atoms with Gasteiger partial charge in [-0.2, -0.15) is 0 Å². The van der Waals surface area contributed by atoms with Crippen molar-refractivity contribution in [1.82, 2.24) is 0 Å². The molecule has 0 saturated carbocycles. The van der Waals surface area contributed by atoms with E-state index in [1.807, 2.05) is 0 Å². The Hall–Kier alpha value is -8.00. The Balaban J connectivity index is 1.10. The second-order valence-electron chi connectivity index (χ2n) is 16.2. The normalized spacial score (nSPS) is 11.6. The highest BCUT2D eigenvalue weighted by Crippen LogP contribution is 2.44. The third-order valence-corrected chi connectivity index (χ3v) is 12.5. The van der Waals surface area contributed by atoms with Crippen LogP contribution >= 0.6 is 0 Å². The van der Waals surface area contributed by atoms with Gasteiger partial charge in [-0.3, -0.25) is 0 Å². The molecule has 0 N–H and O–H groups in total. The highest BCUT2D eigenvalue weighted by Gasteiger charge is 2.18. The third-order valence-electron chi connectivity index (χ3n) is 12.5. The van der Waals surface area contributed by atoms with Crippen molar-refractivity contribution in [2.45, 2.75) is 0 Å². The summed E-state index contributed by atoms with van der Waals surface area (Å²) >= 11 is 0. The highest BCUT2D eigenvalue weighted by molar-refractivity contribution is 6.16. The van der Waals surface area contributed by atoms with Gasteiger partial charge in [0.25, 0.3) is 0 Å². The summed E-state index contributed by atoms with van der Waals surface area (Å²) in [6, 6.07) is 87.2. The van der Waals surface area contributed by atoms with Crippen LogP contribution in [0, 0.1) is 0 Å². The van der Waals surface area contributed by atoms with Crippen LogP contribution in [0.15, 0.2) is 237 Å². The minimum absolute atomic E-state index is 1.11. The van der Waals surface area contributed by atoms with Gasteiger partial charge in [0.1, 0.15) is 0 Å². The molecule has 284 valence electrons. The molecule has 0 saturated heterocycles. The molecular weight excluding hydrogens is 735 g/mol. The van der Waals surface area contributed by atoms with Crippen LogP contribution in [-0.4, -0.2) is 0 Å². The minimum atomic E-state index is 1.11. The zero-order valence-electron chi connectivity index (χ0n) is 33.5. The minimum Gasteiger partial charge on any atom is -0.310 e. The van der Waals surface area contributed by atoms with Crippen LogP contribution in [0.3, 0.4) is 0 Å². The number of hydrogen-bond acceptors (Lipinski definition) is 1. The van der Waals surface area contributed by atoms with E-state index in [0.29, 0.717) is 0 Å². The van der Waals surface area contributed by atoms with Crippen molar-refractivity contribution >= 4 is 81.7 Å². The van der Waals surface area contributed by atoms with Gasteiger partial charge in [0, 0.05) is 17.1 Å². The Labute approximate surface area is 355 Å². The van der Waals surface area contributed by atoms with E-state index in [4.69, 9.17) is 0 Å². The largest absolute Gasteiger partial charge is 0.310 e. The third kappa shape index (κ3) is 6.18. The fourth-order valence-electron chi connectivity index (χ4n) is 9.47. The molecule has 12 aromatic rings. The van der Waals surface area contributed by atoms with Gasteiger partial charge in [-0.25, -0.2) is 0 Å². The van der Waals surface area contributed by atoms with E-state index in [9.17, 15) is 0 Å². The second-order valence-corrected chi connectivity index (χ2v) is 16.2. The van der Waals surface area contributed by atoms with Crippen molar-refractivity contribution in [3.63, 3.8) is 0 Å². The molecule has 12 rings (SSSR count). The number of fused-ring (bicyclic) bond motifs is 7. The molecule has 0 bridgehead atoms. The molecule has 1 heteroatoms. The van der Waals surface area contributed by atoms with Crippen LogP contribution in [0.5, 0.6) is 0 Å². The van der Waals surface area contributed by atoms with Gasteiger partial charge >= 0.3 is 0 Å². The van der Waals surface area contributed by atoms with Crippen molar-refractivity contribution < 1.29 is 0 Å². The van der Waals surface area contributed by atoms with Gasteiger partial charge in [0.2, 0.25) is 0 Å². The maximum absolute atomic E-state index is 2.43. The molecule has 0 fully saturated rings. The Kier molecular flexibility index (Phi) is 8.25. The van der Waals surface area contributed by atoms with E-state index in [1.165, 1.54) is 98.0 Å². The van der Waals surface area contributed by atoms with Gasteiger partial charge < -0.3 is 4.90 Å². The molecule has 0 amide bonds. The van der Waals surface area contributed by atoms with E-state index in [0.717, 1.165) is 17.1 Å². The van der Waals surface area contributed by atoms with Gasteiger partial charge in [-0.05, 0) is 165 Å². The first-order valence-corrected chi connectivity index (χ1v) is 21.1. The van der Waals surface area contributed by atoms with Crippen LogP contribution in [0.25, 0.3) is 98.0 Å². The molecule has 0 aliphatic carbocycles. The fourth-order valence-corrected chi connectivity index (χ4v) is 9.47. The Morgan fingerprint density at radius 3 is 1.18 bits per heavy atom. The van der Waals surface area contributed by atoms with Crippen molar-refractivity contribution in [3.8, 4) is 33.4 Å². The highest BCUT2D eigenvalue weighted by atomic mass is 15.1. The summed E-state index contributed by atoms with van der Waals surface area (Å²) in [4.78, 5) is 2.41. The zero-order valence-corrected chi connectivity index (χ0v) is 33.5. The lowest BCUT2D eigenvalue weighted by Crippen LogP contribution is -2.10. The van der Waals surface area contributed by atoms with Crippen molar-refractivity contribution in [2.24, 2.45) is 0 Å². The second kappa shape index (κ2) is 14.4. The number of rotatable bonds is 6. The molecule has 0 heterocycles. The average molecular weight is 774 g/mol. The molecule has 0 unspecified atom stereocenters. The molecule has 61 heavy (non-hydrogen) atoms. The topological polar surface area (TPSA) is 3.24 Å². The number of benzene rings is 12. The lowest BCUT2D eigenvalue weighted by atomic mass is 9.87. The maximum atomic E-state index is 2.43. The van der Waals surface area contributed by atoms with Crippen molar-refractivity contribution in [2.75, 3.05) is 4.90 Å². The first-order valence-electron chi connectivity index (χ1n) is 21.1. The Bertz CT molecular complexity index is 3580. The van der Waals surface area contributed by atoms with Crippen molar-refractivity contribution in [1.29, 1.82) is 0 Å². The van der Waals surface area contributed by atoms with Gasteiger partial charge in [-0.1, -0.05) is 170 Å². The SMILES string of the molecule is c1ccc(-c2cc3ccccc3cc2-c2ccc3c(c2)c(-c2ccc4ccccc4c2)cc2cc(N(c4ccc5ccccc5c4)c4ccc5ccccc5c4)ccc23)cc1. The van der Waals surface area contributed by atoms with E-state index >= 15 is 0 Å². The summed E-state index contributed by atoms with van der Waals surface area (Å²) in [6.07, 6.45) is 0. The molecule has 0 aromatic heterocycles. The standard InChI is InChI=1S/C60H39N/c1-2-15-43(16-3-1)57-36-47-20-10-11-21-48(47)37-58(57)50-26-30-56-55-31-29-54(35-51(55)39-59(60(56)38-50)49-23-22-40-12-4-7-17-44(40)32-49)61(52-27-24-41-13-5-8-18-45(41)33-52)53-28-25-42-14-6-9-19-46(42)34-53/h1-39H. The molecule has 1 nitrogen and oxygen atoms in total. The molecule has 0 aliphatic rings. The summed E-state index contributed by atoms with van der Waals surface area (Å²) in [7, 11) is 0. The number of nitrogens with zero attached hydrogens (tertiary/aromatic N) is 1. The molecule has 0 aliphatic heterocycles. The van der Waals surface area contributed by atoms with Gasteiger partial charge in [-0.15, -0.1) is 0 Å². The zero-order chi connectivity index (χ0) is 40.3. The number of anilines is 3. The Morgan fingerprint density at radius 1 is 0.197 bits per heavy atom. The van der Waals surface area contributed by atoms with Crippen LogP contribution in [0.4, 0.5) is 17.1 Å². The van der Waals surface area contributed by atoms with Crippen LogP contribution in [0.2, 0.25) is 0 Å². The van der Waals surface area contributed by atoms with Crippen molar-refractivity contribution in [3.05, 3.63) is 237 Å².